The Morgan fingerprint density at radius 2 is 1.95 bits per heavy atom. The fraction of sp³-hybridized carbons (Fsp3) is 0.429. The van der Waals surface area contributed by atoms with E-state index >= 15 is 0 Å². The molecule has 7 heteroatoms. The number of carboxylic acids is 1. The first kappa shape index (κ1) is 16.6. The van der Waals surface area contributed by atoms with E-state index in [1.54, 1.807) is 0 Å². The van der Waals surface area contributed by atoms with Gasteiger partial charge >= 0.3 is 5.97 Å². The van der Waals surface area contributed by atoms with E-state index in [9.17, 15) is 14.4 Å². The van der Waals surface area contributed by atoms with Gasteiger partial charge in [-0.3, -0.25) is 14.6 Å². The van der Waals surface area contributed by atoms with Gasteiger partial charge in [-0.15, -0.1) is 0 Å². The Balaban J connectivity index is 2.85. The zero-order chi connectivity index (χ0) is 16.2. The Kier molecular flexibility index (Phi) is 5.02. The first-order valence-corrected chi connectivity index (χ1v) is 6.36. The van der Waals surface area contributed by atoms with Gasteiger partial charge in [0.1, 0.15) is 5.69 Å². The van der Waals surface area contributed by atoms with Gasteiger partial charge in [0.05, 0.1) is 12.1 Å². The number of aromatic nitrogens is 1. The molecule has 1 heterocycles. The van der Waals surface area contributed by atoms with Crippen LogP contribution < -0.4 is 5.32 Å². The monoisotopic (exact) mass is 293 g/mol. The predicted molar refractivity (Wildman–Crippen MR) is 76.1 cm³/mol. The van der Waals surface area contributed by atoms with Gasteiger partial charge in [-0.25, -0.2) is 4.79 Å². The molecule has 114 valence electrons. The Morgan fingerprint density at radius 3 is 2.48 bits per heavy atom. The normalized spacial score (nSPS) is 10.9. The number of carboxylic acid groups (broad SMARTS) is 1. The predicted octanol–water partition coefficient (Wildman–Crippen LogP) is 0.766. The van der Waals surface area contributed by atoms with Crippen molar-refractivity contribution in [2.45, 2.75) is 26.3 Å². The molecule has 0 aromatic carbocycles. The highest BCUT2D eigenvalue weighted by molar-refractivity contribution is 6.04. The second kappa shape index (κ2) is 6.34. The van der Waals surface area contributed by atoms with Crippen LogP contribution in [-0.4, -0.2) is 51.9 Å². The third kappa shape index (κ3) is 4.87. The van der Waals surface area contributed by atoms with Crippen molar-refractivity contribution in [3.63, 3.8) is 0 Å². The van der Waals surface area contributed by atoms with Gasteiger partial charge in [-0.05, 0) is 32.9 Å². The van der Waals surface area contributed by atoms with Crippen LogP contribution in [-0.2, 0) is 4.79 Å². The molecule has 0 aliphatic heterocycles. The molecule has 0 saturated carbocycles. The lowest BCUT2D eigenvalue weighted by atomic mass is 10.1. The largest absolute Gasteiger partial charge is 0.478 e. The number of amides is 2. The second-order valence-corrected chi connectivity index (χ2v) is 5.66. The van der Waals surface area contributed by atoms with Crippen molar-refractivity contribution >= 4 is 17.8 Å². The molecule has 0 bridgehead atoms. The SMILES string of the molecule is CN(CC(=O)NC(C)(C)C)C(=O)c1ncccc1C(=O)O. The lowest BCUT2D eigenvalue weighted by Gasteiger charge is -2.23. The lowest BCUT2D eigenvalue weighted by Crippen LogP contribution is -2.46. The molecule has 1 rings (SSSR count). The summed E-state index contributed by atoms with van der Waals surface area (Å²) in [5.41, 5.74) is -0.778. The summed E-state index contributed by atoms with van der Waals surface area (Å²) in [6.45, 7) is 5.31. The number of aromatic carboxylic acids is 1. The standard InChI is InChI=1S/C14H19N3O4/c1-14(2,3)16-10(18)8-17(4)12(19)11-9(13(20)21)6-5-7-15-11/h5-7H,8H2,1-4H3,(H,16,18)(H,20,21). The topological polar surface area (TPSA) is 99.6 Å². The number of hydrogen-bond acceptors (Lipinski definition) is 4. The maximum atomic E-state index is 12.2. The number of pyridine rings is 1. The van der Waals surface area contributed by atoms with Crippen LogP contribution in [0.5, 0.6) is 0 Å². The molecule has 7 nitrogen and oxygen atoms in total. The van der Waals surface area contributed by atoms with Crippen molar-refractivity contribution in [3.05, 3.63) is 29.6 Å². The third-order valence-electron chi connectivity index (χ3n) is 2.48. The number of nitrogens with one attached hydrogen (secondary N) is 1. The summed E-state index contributed by atoms with van der Waals surface area (Å²) in [6.07, 6.45) is 1.34. The Labute approximate surface area is 123 Å². The van der Waals surface area contributed by atoms with E-state index in [-0.39, 0.29) is 23.7 Å². The van der Waals surface area contributed by atoms with E-state index in [4.69, 9.17) is 5.11 Å². The molecule has 0 atom stereocenters. The molecule has 0 radical (unpaired) electrons. The highest BCUT2D eigenvalue weighted by atomic mass is 16.4. The molecule has 2 amide bonds. The van der Waals surface area contributed by atoms with Crippen molar-refractivity contribution in [1.82, 2.24) is 15.2 Å². The van der Waals surface area contributed by atoms with Crippen LogP contribution in [0.3, 0.4) is 0 Å². The van der Waals surface area contributed by atoms with Gasteiger partial charge in [0.15, 0.2) is 0 Å². The van der Waals surface area contributed by atoms with Crippen molar-refractivity contribution in [2.24, 2.45) is 0 Å². The van der Waals surface area contributed by atoms with E-state index in [1.165, 1.54) is 25.4 Å². The third-order valence-corrected chi connectivity index (χ3v) is 2.48. The summed E-state index contributed by atoms with van der Waals surface area (Å²) in [4.78, 5) is 40.0. The van der Waals surface area contributed by atoms with Crippen molar-refractivity contribution in [2.75, 3.05) is 13.6 Å². The van der Waals surface area contributed by atoms with E-state index in [1.807, 2.05) is 20.8 Å². The number of carbonyl (C=O) groups is 3. The molecule has 0 fully saturated rings. The van der Waals surface area contributed by atoms with Crippen LogP contribution >= 0.6 is 0 Å². The van der Waals surface area contributed by atoms with Crippen LogP contribution in [0.15, 0.2) is 18.3 Å². The minimum Gasteiger partial charge on any atom is -0.478 e. The number of nitrogens with zero attached hydrogens (tertiary/aromatic N) is 2. The maximum absolute atomic E-state index is 12.2. The molecule has 21 heavy (non-hydrogen) atoms. The lowest BCUT2D eigenvalue weighted by molar-refractivity contribution is -0.122. The summed E-state index contributed by atoms with van der Waals surface area (Å²) >= 11 is 0. The molecule has 0 aliphatic rings. The maximum Gasteiger partial charge on any atom is 0.338 e. The van der Waals surface area contributed by atoms with Crippen LogP contribution in [0.25, 0.3) is 0 Å². The van der Waals surface area contributed by atoms with Gasteiger partial charge in [-0.1, -0.05) is 0 Å². The summed E-state index contributed by atoms with van der Waals surface area (Å²) in [5.74, 6) is -2.18. The van der Waals surface area contributed by atoms with Gasteiger partial charge in [0.25, 0.3) is 5.91 Å². The summed E-state index contributed by atoms with van der Waals surface area (Å²) in [6, 6.07) is 2.73. The summed E-state index contributed by atoms with van der Waals surface area (Å²) < 4.78 is 0. The highest BCUT2D eigenvalue weighted by Gasteiger charge is 2.23. The first-order valence-electron chi connectivity index (χ1n) is 6.36. The molecule has 0 aliphatic carbocycles. The Bertz CT molecular complexity index is 564. The minimum absolute atomic E-state index is 0.175. The second-order valence-electron chi connectivity index (χ2n) is 5.66. The molecule has 1 aromatic heterocycles. The summed E-state index contributed by atoms with van der Waals surface area (Å²) in [7, 11) is 1.42. The molecular weight excluding hydrogens is 274 g/mol. The van der Waals surface area contributed by atoms with E-state index in [0.29, 0.717) is 0 Å². The Hall–Kier alpha value is -2.44. The molecular formula is C14H19N3O4. The fourth-order valence-electron chi connectivity index (χ4n) is 1.67. The number of rotatable bonds is 4. The number of hydrogen-bond donors (Lipinski definition) is 2. The van der Waals surface area contributed by atoms with Gasteiger partial charge in [0, 0.05) is 18.8 Å². The smallest absolute Gasteiger partial charge is 0.338 e. The van der Waals surface area contributed by atoms with Crippen molar-refractivity contribution in [1.29, 1.82) is 0 Å². The van der Waals surface area contributed by atoms with Gasteiger partial charge in [0.2, 0.25) is 5.91 Å². The Morgan fingerprint density at radius 1 is 1.33 bits per heavy atom. The molecule has 0 unspecified atom stereocenters. The van der Waals surface area contributed by atoms with Gasteiger partial charge in [-0.2, -0.15) is 0 Å². The average molecular weight is 293 g/mol. The average Bonchev–Trinajstić information content (AvgIpc) is 2.35. The zero-order valence-corrected chi connectivity index (χ0v) is 12.5. The summed E-state index contributed by atoms with van der Waals surface area (Å²) in [5, 5.41) is 11.8. The minimum atomic E-state index is -1.24. The number of likely N-dealkylation sites (N-methyl/N-ethyl adjacent to an activating group) is 1. The quantitative estimate of drug-likeness (QED) is 0.854. The van der Waals surface area contributed by atoms with E-state index < -0.39 is 17.4 Å². The van der Waals surface area contributed by atoms with Crippen molar-refractivity contribution < 1.29 is 19.5 Å². The van der Waals surface area contributed by atoms with Crippen LogP contribution in [0.2, 0.25) is 0 Å². The highest BCUT2D eigenvalue weighted by Crippen LogP contribution is 2.08. The zero-order valence-electron chi connectivity index (χ0n) is 12.5. The fourth-order valence-corrected chi connectivity index (χ4v) is 1.67. The van der Waals surface area contributed by atoms with Crippen LogP contribution in [0.4, 0.5) is 0 Å². The van der Waals surface area contributed by atoms with Gasteiger partial charge < -0.3 is 15.3 Å². The molecule has 2 N–H and O–H groups in total. The first-order chi connectivity index (χ1) is 9.61. The van der Waals surface area contributed by atoms with E-state index in [0.717, 1.165) is 4.90 Å². The van der Waals surface area contributed by atoms with Crippen molar-refractivity contribution in [3.8, 4) is 0 Å². The number of carbonyl (C=O) groups excluding carboxylic acids is 2. The van der Waals surface area contributed by atoms with E-state index in [2.05, 4.69) is 10.3 Å². The van der Waals surface area contributed by atoms with Crippen LogP contribution in [0, 0.1) is 0 Å². The molecule has 1 aromatic rings. The molecule has 0 spiro atoms. The molecule has 0 saturated heterocycles. The van der Waals surface area contributed by atoms with Crippen LogP contribution in [0.1, 0.15) is 41.6 Å².